The van der Waals surface area contributed by atoms with Crippen LogP contribution in [-0.2, 0) is 4.79 Å². The van der Waals surface area contributed by atoms with Crippen LogP contribution in [0.4, 0.5) is 0 Å². The van der Waals surface area contributed by atoms with Crippen molar-refractivity contribution >= 4 is 5.91 Å². The first-order chi connectivity index (χ1) is 7.29. The molecule has 1 N–H and O–H groups in total. The second-order valence-corrected chi connectivity index (χ2v) is 4.92. The van der Waals surface area contributed by atoms with Crippen LogP contribution in [0.1, 0.15) is 39.0 Å². The van der Waals surface area contributed by atoms with Gasteiger partial charge in [0.05, 0.1) is 0 Å². The van der Waals surface area contributed by atoms with E-state index in [2.05, 4.69) is 17.1 Å². The van der Waals surface area contributed by atoms with Crippen LogP contribution in [0.2, 0.25) is 0 Å². The molecule has 86 valence electrons. The monoisotopic (exact) mass is 210 g/mol. The molecule has 2 aliphatic rings. The van der Waals surface area contributed by atoms with Gasteiger partial charge in [-0.25, -0.2) is 0 Å². The lowest BCUT2D eigenvalue weighted by Crippen LogP contribution is -2.54. The predicted octanol–water partition coefficient (Wildman–Crippen LogP) is 1.39. The molecule has 1 unspecified atom stereocenters. The highest BCUT2D eigenvalue weighted by molar-refractivity contribution is 5.79. The highest BCUT2D eigenvalue weighted by Crippen LogP contribution is 2.26. The number of nitrogens with zero attached hydrogens (tertiary/aromatic N) is 1. The largest absolute Gasteiger partial charge is 0.337 e. The first kappa shape index (κ1) is 10.9. The number of hydrogen-bond acceptors (Lipinski definition) is 2. The maximum Gasteiger partial charge on any atom is 0.226 e. The first-order valence-corrected chi connectivity index (χ1v) is 6.30. The Kier molecular flexibility index (Phi) is 3.62. The van der Waals surface area contributed by atoms with E-state index in [1.807, 2.05) is 0 Å². The van der Waals surface area contributed by atoms with Crippen molar-refractivity contribution in [1.29, 1.82) is 0 Å². The molecule has 15 heavy (non-hydrogen) atoms. The molecule has 0 bridgehead atoms. The average molecular weight is 210 g/mol. The van der Waals surface area contributed by atoms with E-state index in [4.69, 9.17) is 0 Å². The number of hydrogen-bond donors (Lipinski definition) is 1. The van der Waals surface area contributed by atoms with Gasteiger partial charge in [0.15, 0.2) is 0 Å². The number of carbonyl (C=O) groups is 1. The van der Waals surface area contributed by atoms with Crippen molar-refractivity contribution < 1.29 is 4.79 Å². The van der Waals surface area contributed by atoms with Crippen molar-refractivity contribution in [3.8, 4) is 0 Å². The van der Waals surface area contributed by atoms with Gasteiger partial charge in [-0.15, -0.1) is 0 Å². The van der Waals surface area contributed by atoms with E-state index in [-0.39, 0.29) is 0 Å². The number of carbonyl (C=O) groups excluding carboxylic acids is 1. The van der Waals surface area contributed by atoms with E-state index in [9.17, 15) is 4.79 Å². The minimum absolute atomic E-state index is 0.333. The normalized spacial score (nSPS) is 29.1. The standard InChI is InChI=1S/C12H22N2O/c1-10-9-13-7-8-14(10)12(15)11-5-3-2-4-6-11/h10-11,13H,2-9H2,1H3. The highest BCUT2D eigenvalue weighted by atomic mass is 16.2. The van der Waals surface area contributed by atoms with Gasteiger partial charge in [0, 0.05) is 31.6 Å². The zero-order valence-electron chi connectivity index (χ0n) is 9.67. The minimum atomic E-state index is 0.333. The van der Waals surface area contributed by atoms with Crippen molar-refractivity contribution in [2.24, 2.45) is 5.92 Å². The summed E-state index contributed by atoms with van der Waals surface area (Å²) in [5.41, 5.74) is 0. The van der Waals surface area contributed by atoms with Crippen molar-refractivity contribution in [3.63, 3.8) is 0 Å². The number of nitrogens with one attached hydrogen (secondary N) is 1. The van der Waals surface area contributed by atoms with E-state index < -0.39 is 0 Å². The Labute approximate surface area is 92.2 Å². The number of rotatable bonds is 1. The molecule has 2 rings (SSSR count). The molecule has 0 radical (unpaired) electrons. The van der Waals surface area contributed by atoms with Crippen LogP contribution >= 0.6 is 0 Å². The molecule has 2 fully saturated rings. The predicted molar refractivity (Wildman–Crippen MR) is 60.6 cm³/mol. The Hall–Kier alpha value is -0.570. The SMILES string of the molecule is CC1CNCCN1C(=O)C1CCCCC1. The molecule has 1 amide bonds. The van der Waals surface area contributed by atoms with Crippen LogP contribution < -0.4 is 5.32 Å². The fourth-order valence-electron chi connectivity index (χ4n) is 2.75. The highest BCUT2D eigenvalue weighted by Gasteiger charge is 2.29. The third-order valence-electron chi connectivity index (χ3n) is 3.74. The Bertz CT molecular complexity index is 224. The quantitative estimate of drug-likeness (QED) is 0.709. The number of amides is 1. The third-order valence-corrected chi connectivity index (χ3v) is 3.74. The zero-order chi connectivity index (χ0) is 10.7. The van der Waals surface area contributed by atoms with Crippen molar-refractivity contribution in [1.82, 2.24) is 10.2 Å². The third kappa shape index (κ3) is 2.51. The molecule has 1 aliphatic carbocycles. The van der Waals surface area contributed by atoms with E-state index in [0.717, 1.165) is 32.5 Å². The van der Waals surface area contributed by atoms with Gasteiger partial charge >= 0.3 is 0 Å². The summed E-state index contributed by atoms with van der Waals surface area (Å²) in [5.74, 6) is 0.753. The van der Waals surface area contributed by atoms with Crippen LogP contribution in [-0.4, -0.2) is 36.5 Å². The zero-order valence-corrected chi connectivity index (χ0v) is 9.67. The Balaban J connectivity index is 1.92. The summed E-state index contributed by atoms with van der Waals surface area (Å²) >= 11 is 0. The smallest absolute Gasteiger partial charge is 0.226 e. The maximum atomic E-state index is 12.3. The lowest BCUT2D eigenvalue weighted by atomic mass is 9.88. The summed E-state index contributed by atoms with van der Waals surface area (Å²) in [6.45, 7) is 4.96. The van der Waals surface area contributed by atoms with Crippen molar-refractivity contribution in [2.45, 2.75) is 45.1 Å². The molecule has 1 saturated heterocycles. The molecule has 0 spiro atoms. The molecule has 1 aliphatic heterocycles. The molecule has 0 aromatic rings. The molecular weight excluding hydrogens is 188 g/mol. The van der Waals surface area contributed by atoms with Crippen LogP contribution in [0.3, 0.4) is 0 Å². The van der Waals surface area contributed by atoms with Crippen LogP contribution in [0.15, 0.2) is 0 Å². The Morgan fingerprint density at radius 2 is 2.00 bits per heavy atom. The summed E-state index contributed by atoms with van der Waals surface area (Å²) in [7, 11) is 0. The van der Waals surface area contributed by atoms with Crippen LogP contribution in [0, 0.1) is 5.92 Å². The molecule has 1 heterocycles. The summed E-state index contributed by atoms with van der Waals surface area (Å²) in [6, 6.07) is 0.383. The summed E-state index contributed by atoms with van der Waals surface area (Å²) < 4.78 is 0. The van der Waals surface area contributed by atoms with Crippen LogP contribution in [0.25, 0.3) is 0 Å². The van der Waals surface area contributed by atoms with Crippen molar-refractivity contribution in [2.75, 3.05) is 19.6 Å². The van der Waals surface area contributed by atoms with Gasteiger partial charge in [-0.2, -0.15) is 0 Å². The topological polar surface area (TPSA) is 32.3 Å². The lowest BCUT2D eigenvalue weighted by Gasteiger charge is -2.37. The fourth-order valence-corrected chi connectivity index (χ4v) is 2.75. The second-order valence-electron chi connectivity index (χ2n) is 4.92. The van der Waals surface area contributed by atoms with Gasteiger partial charge in [-0.05, 0) is 19.8 Å². The minimum Gasteiger partial charge on any atom is -0.337 e. The van der Waals surface area contributed by atoms with Gasteiger partial charge in [0.2, 0.25) is 5.91 Å². The Morgan fingerprint density at radius 3 is 2.67 bits per heavy atom. The van der Waals surface area contributed by atoms with Crippen molar-refractivity contribution in [3.05, 3.63) is 0 Å². The lowest BCUT2D eigenvalue weighted by molar-refractivity contribution is -0.139. The first-order valence-electron chi connectivity index (χ1n) is 6.30. The molecule has 3 heteroatoms. The van der Waals surface area contributed by atoms with E-state index in [1.165, 1.54) is 19.3 Å². The number of piperazine rings is 1. The second kappa shape index (κ2) is 4.97. The van der Waals surface area contributed by atoms with E-state index >= 15 is 0 Å². The molecule has 0 aromatic heterocycles. The van der Waals surface area contributed by atoms with Gasteiger partial charge in [0.25, 0.3) is 0 Å². The van der Waals surface area contributed by atoms with Gasteiger partial charge < -0.3 is 10.2 Å². The molecule has 1 atom stereocenters. The molecular formula is C12H22N2O. The van der Waals surface area contributed by atoms with Gasteiger partial charge in [-0.3, -0.25) is 4.79 Å². The Morgan fingerprint density at radius 1 is 1.27 bits per heavy atom. The van der Waals surface area contributed by atoms with Gasteiger partial charge in [0.1, 0.15) is 0 Å². The molecule has 1 saturated carbocycles. The fraction of sp³-hybridized carbons (Fsp3) is 0.917. The summed E-state index contributed by atoms with van der Waals surface area (Å²) in [5, 5.41) is 3.33. The molecule has 0 aromatic carbocycles. The summed E-state index contributed by atoms with van der Waals surface area (Å²) in [4.78, 5) is 14.4. The molecule has 3 nitrogen and oxygen atoms in total. The van der Waals surface area contributed by atoms with Crippen LogP contribution in [0.5, 0.6) is 0 Å². The maximum absolute atomic E-state index is 12.3. The van der Waals surface area contributed by atoms with E-state index in [1.54, 1.807) is 0 Å². The summed E-state index contributed by atoms with van der Waals surface area (Å²) in [6.07, 6.45) is 6.06. The average Bonchev–Trinajstić information content (AvgIpc) is 2.30. The van der Waals surface area contributed by atoms with Gasteiger partial charge in [-0.1, -0.05) is 19.3 Å². The van der Waals surface area contributed by atoms with E-state index in [0.29, 0.717) is 17.9 Å².